The molecule has 0 N–H and O–H groups in total. The van der Waals surface area contributed by atoms with E-state index in [9.17, 15) is 9.59 Å². The Morgan fingerprint density at radius 2 is 1.77 bits per heavy atom. The van der Waals surface area contributed by atoms with Crippen molar-refractivity contribution in [3.8, 4) is 11.5 Å². The van der Waals surface area contributed by atoms with Gasteiger partial charge in [-0.05, 0) is 19.1 Å². The number of rotatable bonds is 6. The fourth-order valence-corrected chi connectivity index (χ4v) is 1.52. The number of hydrogen-bond acceptors (Lipinski definition) is 7. The molecule has 1 aromatic heterocycles. The molecule has 7 nitrogen and oxygen atoms in total. The minimum absolute atomic E-state index is 0.164. The van der Waals surface area contributed by atoms with Crippen molar-refractivity contribution in [2.75, 3.05) is 6.61 Å². The smallest absolute Gasteiger partial charge is 0.331 e. The highest BCUT2D eigenvalue weighted by atomic mass is 16.5. The molecule has 2 aromatic rings. The number of carbonyl (C=O) groups excluding carboxylic acids is 2. The van der Waals surface area contributed by atoms with Crippen molar-refractivity contribution >= 4 is 11.9 Å². The van der Waals surface area contributed by atoms with E-state index in [1.165, 1.54) is 0 Å². The highest BCUT2D eigenvalue weighted by Gasteiger charge is 2.09. The van der Waals surface area contributed by atoms with E-state index < -0.39 is 11.9 Å². The Morgan fingerprint density at radius 3 is 2.45 bits per heavy atom. The monoisotopic (exact) mass is 302 g/mol. The molecule has 0 amide bonds. The zero-order valence-corrected chi connectivity index (χ0v) is 11.9. The van der Waals surface area contributed by atoms with Crippen LogP contribution in [-0.2, 0) is 25.7 Å². The molecule has 0 spiro atoms. The van der Waals surface area contributed by atoms with Gasteiger partial charge in [0, 0.05) is 17.7 Å². The second-order valence-electron chi connectivity index (χ2n) is 4.06. The van der Waals surface area contributed by atoms with Crippen LogP contribution in [0.15, 0.2) is 46.9 Å². The average molecular weight is 302 g/mol. The van der Waals surface area contributed by atoms with E-state index in [-0.39, 0.29) is 19.1 Å². The Balaban J connectivity index is 1.86. The molecule has 2 rings (SSSR count). The van der Waals surface area contributed by atoms with Crippen LogP contribution in [0, 0.1) is 0 Å². The summed E-state index contributed by atoms with van der Waals surface area (Å²) in [4.78, 5) is 22.4. The lowest BCUT2D eigenvalue weighted by molar-refractivity contribution is -0.141. The fourth-order valence-electron chi connectivity index (χ4n) is 1.52. The molecule has 0 atom stereocenters. The molecule has 0 aliphatic heterocycles. The van der Waals surface area contributed by atoms with Gasteiger partial charge < -0.3 is 13.9 Å². The number of aromatic nitrogens is 2. The predicted molar refractivity (Wildman–Crippen MR) is 75.3 cm³/mol. The fraction of sp³-hybridized carbons (Fsp3) is 0.200. The molecule has 0 fully saturated rings. The van der Waals surface area contributed by atoms with Crippen LogP contribution in [0.3, 0.4) is 0 Å². The minimum Gasteiger partial charge on any atom is -0.463 e. The van der Waals surface area contributed by atoms with Crippen LogP contribution in [-0.4, -0.2) is 28.7 Å². The van der Waals surface area contributed by atoms with Crippen molar-refractivity contribution in [3.05, 3.63) is 48.4 Å². The van der Waals surface area contributed by atoms with Crippen molar-refractivity contribution < 1.29 is 23.5 Å². The zero-order valence-electron chi connectivity index (χ0n) is 11.9. The van der Waals surface area contributed by atoms with Gasteiger partial charge in [0.15, 0.2) is 6.61 Å². The first-order valence-electron chi connectivity index (χ1n) is 6.58. The molecule has 22 heavy (non-hydrogen) atoms. The highest BCUT2D eigenvalue weighted by molar-refractivity contribution is 5.91. The van der Waals surface area contributed by atoms with Gasteiger partial charge in [0.25, 0.3) is 5.89 Å². The molecule has 0 aliphatic rings. The molecule has 114 valence electrons. The van der Waals surface area contributed by atoms with Crippen molar-refractivity contribution in [1.82, 2.24) is 10.2 Å². The first kappa shape index (κ1) is 15.4. The van der Waals surface area contributed by atoms with Crippen LogP contribution >= 0.6 is 0 Å². The third-order valence-corrected chi connectivity index (χ3v) is 2.47. The number of benzene rings is 1. The van der Waals surface area contributed by atoms with E-state index in [4.69, 9.17) is 9.15 Å². The van der Waals surface area contributed by atoms with Crippen LogP contribution in [0.25, 0.3) is 11.5 Å². The minimum atomic E-state index is -0.701. The molecule has 1 heterocycles. The standard InChI is InChI=1S/C15H14N2O5/c1-2-20-13(18)8-9-14(19)21-10-12-16-17-15(22-12)11-6-4-3-5-7-11/h3-9H,2,10H2,1H3. The maximum atomic E-state index is 11.4. The predicted octanol–water partition coefficient (Wildman–Crippen LogP) is 1.90. The third-order valence-electron chi connectivity index (χ3n) is 2.47. The Labute approximate surface area is 126 Å². The van der Waals surface area contributed by atoms with Gasteiger partial charge in [0.05, 0.1) is 6.61 Å². The number of esters is 2. The maximum absolute atomic E-state index is 11.4. The number of carbonyl (C=O) groups is 2. The molecule has 0 unspecified atom stereocenters. The van der Waals surface area contributed by atoms with Gasteiger partial charge in [-0.25, -0.2) is 9.59 Å². The summed E-state index contributed by atoms with van der Waals surface area (Å²) in [6.07, 6.45) is 1.97. The summed E-state index contributed by atoms with van der Waals surface area (Å²) in [6.45, 7) is 1.73. The van der Waals surface area contributed by atoms with Gasteiger partial charge in [-0.15, -0.1) is 10.2 Å². The van der Waals surface area contributed by atoms with E-state index in [0.717, 1.165) is 17.7 Å². The lowest BCUT2D eigenvalue weighted by atomic mass is 10.2. The summed E-state index contributed by atoms with van der Waals surface area (Å²) in [5.74, 6) is -0.804. The quantitative estimate of drug-likeness (QED) is 0.594. The number of nitrogens with zero attached hydrogens (tertiary/aromatic N) is 2. The maximum Gasteiger partial charge on any atom is 0.331 e. The van der Waals surface area contributed by atoms with Gasteiger partial charge in [-0.1, -0.05) is 18.2 Å². The van der Waals surface area contributed by atoms with Gasteiger partial charge >= 0.3 is 11.9 Å². The summed E-state index contributed by atoms with van der Waals surface area (Å²) >= 11 is 0. The van der Waals surface area contributed by atoms with Crippen LogP contribution in [0.4, 0.5) is 0 Å². The Bertz CT molecular complexity index is 664. The molecular formula is C15H14N2O5. The van der Waals surface area contributed by atoms with E-state index in [1.54, 1.807) is 6.92 Å². The summed E-state index contributed by atoms with van der Waals surface area (Å²) in [7, 11) is 0. The number of hydrogen-bond donors (Lipinski definition) is 0. The lowest BCUT2D eigenvalue weighted by Gasteiger charge is -1.97. The van der Waals surface area contributed by atoms with Crippen molar-refractivity contribution in [1.29, 1.82) is 0 Å². The number of ether oxygens (including phenoxy) is 2. The van der Waals surface area contributed by atoms with Gasteiger partial charge in [-0.3, -0.25) is 0 Å². The first-order chi connectivity index (χ1) is 10.7. The first-order valence-corrected chi connectivity index (χ1v) is 6.58. The topological polar surface area (TPSA) is 91.5 Å². The normalized spacial score (nSPS) is 10.6. The second kappa shape index (κ2) is 7.72. The molecule has 0 aliphatic carbocycles. The van der Waals surface area contributed by atoms with Gasteiger partial charge in [-0.2, -0.15) is 0 Å². The van der Waals surface area contributed by atoms with Crippen LogP contribution in [0.1, 0.15) is 12.8 Å². The van der Waals surface area contributed by atoms with E-state index in [1.807, 2.05) is 30.3 Å². The molecule has 7 heteroatoms. The highest BCUT2D eigenvalue weighted by Crippen LogP contribution is 2.17. The summed E-state index contributed by atoms with van der Waals surface area (Å²) < 4.78 is 14.9. The Morgan fingerprint density at radius 1 is 1.09 bits per heavy atom. The molecule has 0 bridgehead atoms. The summed E-state index contributed by atoms with van der Waals surface area (Å²) in [6, 6.07) is 9.22. The van der Waals surface area contributed by atoms with E-state index in [2.05, 4.69) is 14.9 Å². The van der Waals surface area contributed by atoms with E-state index in [0.29, 0.717) is 5.89 Å². The van der Waals surface area contributed by atoms with Crippen molar-refractivity contribution in [2.45, 2.75) is 13.5 Å². The average Bonchev–Trinajstić information content (AvgIpc) is 3.01. The third kappa shape index (κ3) is 4.55. The van der Waals surface area contributed by atoms with Gasteiger partial charge in [0.1, 0.15) is 0 Å². The summed E-state index contributed by atoms with van der Waals surface area (Å²) in [5, 5.41) is 7.64. The van der Waals surface area contributed by atoms with Gasteiger partial charge in [0.2, 0.25) is 5.89 Å². The molecule has 0 saturated carbocycles. The van der Waals surface area contributed by atoms with Crippen LogP contribution in [0.2, 0.25) is 0 Å². The lowest BCUT2D eigenvalue weighted by Crippen LogP contribution is -2.04. The molecule has 0 radical (unpaired) electrons. The molecule has 0 saturated heterocycles. The van der Waals surface area contributed by atoms with Crippen molar-refractivity contribution in [3.63, 3.8) is 0 Å². The van der Waals surface area contributed by atoms with Crippen LogP contribution < -0.4 is 0 Å². The molecule has 1 aromatic carbocycles. The zero-order chi connectivity index (χ0) is 15.8. The SMILES string of the molecule is CCOC(=O)C=CC(=O)OCc1nnc(-c2ccccc2)o1. The largest absolute Gasteiger partial charge is 0.463 e. The van der Waals surface area contributed by atoms with Crippen molar-refractivity contribution in [2.24, 2.45) is 0 Å². The summed E-state index contributed by atoms with van der Waals surface area (Å²) in [5.41, 5.74) is 0.773. The van der Waals surface area contributed by atoms with Crippen LogP contribution in [0.5, 0.6) is 0 Å². The Hall–Kier alpha value is -2.96. The Kier molecular flexibility index (Phi) is 5.42. The second-order valence-corrected chi connectivity index (χ2v) is 4.06. The van der Waals surface area contributed by atoms with E-state index >= 15 is 0 Å². The molecular weight excluding hydrogens is 288 g/mol.